The van der Waals surface area contributed by atoms with E-state index in [1.165, 1.54) is 6.07 Å². The second kappa shape index (κ2) is 4.66. The summed E-state index contributed by atoms with van der Waals surface area (Å²) >= 11 is 6.72. The Kier molecular flexibility index (Phi) is 3.77. The molecule has 0 aliphatic rings. The summed E-state index contributed by atoms with van der Waals surface area (Å²) < 4.78 is 5.76. The zero-order valence-corrected chi connectivity index (χ0v) is 9.48. The largest absolute Gasteiger partial charge is 0.491 e. The van der Waals surface area contributed by atoms with E-state index < -0.39 is 5.97 Å². The number of carboxylic acids is 1. The summed E-state index contributed by atoms with van der Waals surface area (Å²) in [4.78, 5) is 10.9. The number of aromatic carboxylic acids is 1. The Morgan fingerprint density at radius 1 is 1.71 bits per heavy atom. The van der Waals surface area contributed by atoms with Crippen LogP contribution in [0.15, 0.2) is 6.07 Å². The van der Waals surface area contributed by atoms with Crippen molar-refractivity contribution >= 4 is 28.9 Å². The van der Waals surface area contributed by atoms with Gasteiger partial charge >= 0.3 is 5.97 Å². The van der Waals surface area contributed by atoms with Crippen LogP contribution in [0.2, 0.25) is 4.34 Å². The van der Waals surface area contributed by atoms with Gasteiger partial charge in [0.1, 0.15) is 5.75 Å². The molecule has 78 valence electrons. The number of halogens is 1. The average Bonchev–Trinajstić information content (AvgIpc) is 2.43. The second-order valence-electron chi connectivity index (χ2n) is 3.25. The standard InChI is InChI=1S/C9H11ClO3S/c1-5(2)4-13-6-3-7(10)14-8(6)9(11)12/h3,5H,4H2,1-2H3,(H,11,12). The summed E-state index contributed by atoms with van der Waals surface area (Å²) in [5.74, 6) is -0.280. The molecule has 0 aliphatic carbocycles. The number of carbonyl (C=O) groups is 1. The van der Waals surface area contributed by atoms with Gasteiger partial charge in [0, 0.05) is 6.07 Å². The zero-order chi connectivity index (χ0) is 10.7. The molecule has 1 heterocycles. The molecule has 0 bridgehead atoms. The van der Waals surface area contributed by atoms with Crippen molar-refractivity contribution in [3.05, 3.63) is 15.3 Å². The first kappa shape index (κ1) is 11.3. The minimum atomic E-state index is -0.999. The predicted octanol–water partition coefficient (Wildman–Crippen LogP) is 3.13. The number of hydrogen-bond donors (Lipinski definition) is 1. The van der Waals surface area contributed by atoms with Crippen LogP contribution in [-0.2, 0) is 0 Å². The van der Waals surface area contributed by atoms with Crippen molar-refractivity contribution < 1.29 is 14.6 Å². The summed E-state index contributed by atoms with van der Waals surface area (Å²) in [5.41, 5.74) is 0. The predicted molar refractivity (Wildman–Crippen MR) is 56.6 cm³/mol. The van der Waals surface area contributed by atoms with Gasteiger partial charge < -0.3 is 9.84 Å². The van der Waals surface area contributed by atoms with Crippen molar-refractivity contribution in [2.75, 3.05) is 6.61 Å². The molecule has 14 heavy (non-hydrogen) atoms. The van der Waals surface area contributed by atoms with Crippen LogP contribution in [0.3, 0.4) is 0 Å². The second-order valence-corrected chi connectivity index (χ2v) is 4.94. The number of thiophene rings is 1. The molecule has 0 spiro atoms. The molecule has 0 aromatic carbocycles. The summed E-state index contributed by atoms with van der Waals surface area (Å²) in [5, 5.41) is 8.82. The zero-order valence-electron chi connectivity index (χ0n) is 7.91. The number of ether oxygens (including phenoxy) is 1. The van der Waals surface area contributed by atoms with E-state index in [1.807, 2.05) is 13.8 Å². The molecule has 0 fully saturated rings. The Morgan fingerprint density at radius 2 is 2.36 bits per heavy atom. The molecule has 3 nitrogen and oxygen atoms in total. The third-order valence-corrected chi connectivity index (χ3v) is 2.67. The Hall–Kier alpha value is -0.740. The molecule has 1 aromatic heterocycles. The highest BCUT2D eigenvalue weighted by molar-refractivity contribution is 7.18. The lowest BCUT2D eigenvalue weighted by Crippen LogP contribution is -2.06. The van der Waals surface area contributed by atoms with Crippen LogP contribution < -0.4 is 4.74 Å². The Labute approximate surface area is 91.3 Å². The Balaban J connectivity index is 2.79. The quantitative estimate of drug-likeness (QED) is 0.871. The normalized spacial score (nSPS) is 10.6. The summed E-state index contributed by atoms with van der Waals surface area (Å²) in [6.45, 7) is 4.48. The van der Waals surface area contributed by atoms with Gasteiger partial charge in [0.25, 0.3) is 0 Å². The van der Waals surface area contributed by atoms with E-state index in [2.05, 4.69) is 0 Å². The van der Waals surface area contributed by atoms with Crippen LogP contribution >= 0.6 is 22.9 Å². The van der Waals surface area contributed by atoms with Crippen molar-refractivity contribution in [2.45, 2.75) is 13.8 Å². The van der Waals surface area contributed by atoms with Crippen LogP contribution in [-0.4, -0.2) is 17.7 Å². The van der Waals surface area contributed by atoms with Crippen molar-refractivity contribution in [3.8, 4) is 5.75 Å². The fraction of sp³-hybridized carbons (Fsp3) is 0.444. The third kappa shape index (κ3) is 2.89. The van der Waals surface area contributed by atoms with Gasteiger partial charge in [-0.1, -0.05) is 25.4 Å². The van der Waals surface area contributed by atoms with Gasteiger partial charge in [0.15, 0.2) is 4.88 Å². The maximum Gasteiger partial charge on any atom is 0.349 e. The third-order valence-electron chi connectivity index (χ3n) is 1.43. The first-order chi connectivity index (χ1) is 6.50. The van der Waals surface area contributed by atoms with Crippen molar-refractivity contribution in [2.24, 2.45) is 5.92 Å². The number of carboxylic acid groups (broad SMARTS) is 1. The molecular weight excluding hydrogens is 224 g/mol. The highest BCUT2D eigenvalue weighted by atomic mass is 35.5. The molecule has 0 saturated heterocycles. The van der Waals surface area contributed by atoms with E-state index in [4.69, 9.17) is 21.4 Å². The van der Waals surface area contributed by atoms with Gasteiger partial charge in [-0.25, -0.2) is 4.79 Å². The molecule has 0 aliphatic heterocycles. The van der Waals surface area contributed by atoms with E-state index in [9.17, 15) is 4.79 Å². The SMILES string of the molecule is CC(C)COc1cc(Cl)sc1C(=O)O. The maximum absolute atomic E-state index is 10.8. The molecule has 0 amide bonds. The van der Waals surface area contributed by atoms with Crippen LogP contribution in [0.1, 0.15) is 23.5 Å². The smallest absolute Gasteiger partial charge is 0.349 e. The Bertz CT molecular complexity index is 333. The lowest BCUT2D eigenvalue weighted by Gasteiger charge is -2.07. The molecule has 0 radical (unpaired) electrons. The number of hydrogen-bond acceptors (Lipinski definition) is 3. The fourth-order valence-corrected chi connectivity index (χ4v) is 1.86. The van der Waals surface area contributed by atoms with E-state index in [-0.39, 0.29) is 4.88 Å². The van der Waals surface area contributed by atoms with Gasteiger partial charge in [0.2, 0.25) is 0 Å². The average molecular weight is 235 g/mol. The van der Waals surface area contributed by atoms with E-state index >= 15 is 0 Å². The van der Waals surface area contributed by atoms with Gasteiger partial charge in [-0.05, 0) is 5.92 Å². The minimum Gasteiger partial charge on any atom is -0.491 e. The first-order valence-corrected chi connectivity index (χ1v) is 5.35. The molecule has 1 aromatic rings. The van der Waals surface area contributed by atoms with Crippen LogP contribution in [0, 0.1) is 5.92 Å². The van der Waals surface area contributed by atoms with E-state index in [0.717, 1.165) is 11.3 Å². The van der Waals surface area contributed by atoms with Gasteiger partial charge in [0.05, 0.1) is 10.9 Å². The van der Waals surface area contributed by atoms with Crippen LogP contribution in [0.5, 0.6) is 5.75 Å². The minimum absolute atomic E-state index is 0.163. The topological polar surface area (TPSA) is 46.5 Å². The highest BCUT2D eigenvalue weighted by Gasteiger charge is 2.16. The fourth-order valence-electron chi connectivity index (χ4n) is 0.859. The first-order valence-electron chi connectivity index (χ1n) is 4.16. The van der Waals surface area contributed by atoms with Crippen molar-refractivity contribution in [3.63, 3.8) is 0 Å². The van der Waals surface area contributed by atoms with Crippen molar-refractivity contribution in [1.29, 1.82) is 0 Å². The summed E-state index contributed by atoms with van der Waals surface area (Å²) in [7, 11) is 0. The lowest BCUT2D eigenvalue weighted by molar-refractivity contribution is 0.0697. The molecule has 0 saturated carbocycles. The Morgan fingerprint density at radius 3 is 2.86 bits per heavy atom. The van der Waals surface area contributed by atoms with Gasteiger partial charge in [-0.15, -0.1) is 11.3 Å². The van der Waals surface area contributed by atoms with Crippen molar-refractivity contribution in [1.82, 2.24) is 0 Å². The molecule has 0 atom stereocenters. The molecule has 5 heteroatoms. The molecule has 0 unspecified atom stereocenters. The number of rotatable bonds is 4. The van der Waals surface area contributed by atoms with Crippen LogP contribution in [0.4, 0.5) is 0 Å². The summed E-state index contributed by atoms with van der Waals surface area (Å²) in [6, 6.07) is 1.54. The van der Waals surface area contributed by atoms with Crippen LogP contribution in [0.25, 0.3) is 0 Å². The maximum atomic E-state index is 10.8. The molecular formula is C9H11ClO3S. The van der Waals surface area contributed by atoms with E-state index in [0.29, 0.717) is 22.6 Å². The molecule has 1 rings (SSSR count). The monoisotopic (exact) mass is 234 g/mol. The van der Waals surface area contributed by atoms with E-state index in [1.54, 1.807) is 0 Å². The van der Waals surface area contributed by atoms with Gasteiger partial charge in [-0.2, -0.15) is 0 Å². The lowest BCUT2D eigenvalue weighted by atomic mass is 10.2. The molecule has 1 N–H and O–H groups in total. The summed E-state index contributed by atoms with van der Waals surface area (Å²) in [6.07, 6.45) is 0. The highest BCUT2D eigenvalue weighted by Crippen LogP contribution is 2.32. The van der Waals surface area contributed by atoms with Gasteiger partial charge in [-0.3, -0.25) is 0 Å².